The zero-order chi connectivity index (χ0) is 16.8. The van der Waals surface area contributed by atoms with Crippen LogP contribution in [-0.4, -0.2) is 23.3 Å². The first-order valence-electron chi connectivity index (χ1n) is 6.69. The van der Waals surface area contributed by atoms with Crippen LogP contribution in [0.4, 0.5) is 13.2 Å². The number of hydrogen-bond donors (Lipinski definition) is 0. The summed E-state index contributed by atoms with van der Waals surface area (Å²) < 4.78 is 50.8. The summed E-state index contributed by atoms with van der Waals surface area (Å²) in [5.41, 5.74) is -1.25. The average molecular weight is 342 g/mol. The predicted molar refractivity (Wildman–Crippen MR) is 80.3 cm³/mol. The van der Waals surface area contributed by atoms with Crippen LogP contribution in [0.2, 0.25) is 0 Å². The minimum Gasteiger partial charge on any atom is -0.440 e. The minimum absolute atomic E-state index is 0.0431. The largest absolute Gasteiger partial charge is 0.440 e. The average Bonchev–Trinajstić information content (AvgIpc) is 3.11. The minimum atomic E-state index is -4.58. The van der Waals surface area contributed by atoms with Gasteiger partial charge in [0.15, 0.2) is 17.1 Å². The molecular formula is C15H13F3N2O2S. The van der Waals surface area contributed by atoms with Gasteiger partial charge in [-0.3, -0.25) is 0 Å². The summed E-state index contributed by atoms with van der Waals surface area (Å²) in [7, 11) is 1.04. The first-order chi connectivity index (χ1) is 10.8. The van der Waals surface area contributed by atoms with Gasteiger partial charge < -0.3 is 9.15 Å². The number of fused-ring (bicyclic) bond motifs is 1. The smallest absolute Gasteiger partial charge is 0.421 e. The topological polar surface area (TPSA) is 48.2 Å². The molecule has 0 bridgehead atoms. The maximum absolute atomic E-state index is 13.5. The van der Waals surface area contributed by atoms with Crippen LogP contribution in [0.3, 0.4) is 0 Å². The third-order valence-electron chi connectivity index (χ3n) is 3.76. The van der Waals surface area contributed by atoms with Crippen molar-refractivity contribution < 1.29 is 22.3 Å². The fraction of sp³-hybridized carbons (Fsp3) is 0.333. The van der Waals surface area contributed by atoms with E-state index in [1.54, 1.807) is 18.5 Å². The highest BCUT2D eigenvalue weighted by atomic mass is 32.1. The summed E-state index contributed by atoms with van der Waals surface area (Å²) in [4.78, 5) is 8.33. The molecule has 0 fully saturated rings. The number of rotatable bonds is 3. The van der Waals surface area contributed by atoms with Crippen LogP contribution >= 0.6 is 11.3 Å². The second kappa shape index (κ2) is 5.31. The molecule has 3 rings (SSSR count). The molecule has 0 aliphatic rings. The van der Waals surface area contributed by atoms with E-state index in [0.717, 1.165) is 14.0 Å². The molecule has 0 aliphatic heterocycles. The van der Waals surface area contributed by atoms with Gasteiger partial charge in [0.2, 0.25) is 0 Å². The lowest BCUT2D eigenvalue weighted by Crippen LogP contribution is -2.41. The standard InChI is InChI=1S/C15H13F3N2O2S/c1-8-20-11-7-9(14(2,21-3)15(16,17)18)6-10(12(11)22-8)13-19-4-5-23-13/h4-7H,1-3H3. The molecular weight excluding hydrogens is 329 g/mol. The summed E-state index contributed by atoms with van der Waals surface area (Å²) in [6.07, 6.45) is -2.99. The van der Waals surface area contributed by atoms with Crippen LogP contribution in [0.1, 0.15) is 18.4 Å². The van der Waals surface area contributed by atoms with Gasteiger partial charge in [-0.05, 0) is 24.6 Å². The van der Waals surface area contributed by atoms with Gasteiger partial charge in [-0.1, -0.05) is 0 Å². The quantitative estimate of drug-likeness (QED) is 0.693. The van der Waals surface area contributed by atoms with E-state index in [4.69, 9.17) is 9.15 Å². The zero-order valence-electron chi connectivity index (χ0n) is 12.6. The number of nitrogens with zero attached hydrogens (tertiary/aromatic N) is 2. The molecule has 0 spiro atoms. The molecule has 1 atom stereocenters. The maximum atomic E-state index is 13.5. The number of oxazole rings is 1. The summed E-state index contributed by atoms with van der Waals surface area (Å²) in [5.74, 6) is 0.376. The van der Waals surface area contributed by atoms with Crippen molar-refractivity contribution in [3.63, 3.8) is 0 Å². The molecule has 0 radical (unpaired) electrons. The Morgan fingerprint density at radius 1 is 1.26 bits per heavy atom. The Hall–Kier alpha value is -1.93. The van der Waals surface area contributed by atoms with Gasteiger partial charge in [-0.2, -0.15) is 13.2 Å². The van der Waals surface area contributed by atoms with E-state index < -0.39 is 11.8 Å². The number of halogens is 3. The van der Waals surface area contributed by atoms with E-state index in [2.05, 4.69) is 9.97 Å². The van der Waals surface area contributed by atoms with Gasteiger partial charge in [0.05, 0.1) is 5.56 Å². The number of aryl methyl sites for hydroxylation is 1. The van der Waals surface area contributed by atoms with Gasteiger partial charge >= 0.3 is 6.18 Å². The Kier molecular flexibility index (Phi) is 3.68. The van der Waals surface area contributed by atoms with Crippen molar-refractivity contribution in [3.8, 4) is 10.6 Å². The first kappa shape index (κ1) is 15.9. The summed E-state index contributed by atoms with van der Waals surface area (Å²) >= 11 is 1.31. The van der Waals surface area contributed by atoms with Crippen LogP contribution < -0.4 is 0 Å². The molecule has 8 heteroatoms. The van der Waals surface area contributed by atoms with Crippen molar-refractivity contribution in [2.75, 3.05) is 7.11 Å². The van der Waals surface area contributed by atoms with Crippen LogP contribution in [-0.2, 0) is 10.3 Å². The lowest BCUT2D eigenvalue weighted by atomic mass is 9.93. The number of methoxy groups -OCH3 is 1. The monoisotopic (exact) mass is 342 g/mol. The summed E-state index contributed by atoms with van der Waals surface area (Å²) in [6.45, 7) is 2.64. The van der Waals surface area contributed by atoms with Crippen LogP contribution in [0.15, 0.2) is 28.1 Å². The molecule has 0 saturated heterocycles. The van der Waals surface area contributed by atoms with Crippen LogP contribution in [0.25, 0.3) is 21.7 Å². The van der Waals surface area contributed by atoms with Gasteiger partial charge in [0, 0.05) is 25.6 Å². The number of thiazole rings is 1. The highest BCUT2D eigenvalue weighted by molar-refractivity contribution is 7.13. The molecule has 1 unspecified atom stereocenters. The molecule has 4 nitrogen and oxygen atoms in total. The van der Waals surface area contributed by atoms with Gasteiger partial charge in [-0.25, -0.2) is 9.97 Å². The Bertz CT molecular complexity index is 842. The van der Waals surface area contributed by atoms with Crippen LogP contribution in [0, 0.1) is 6.92 Å². The predicted octanol–water partition coefficient (Wildman–Crippen LogP) is 4.68. The Morgan fingerprint density at radius 3 is 2.57 bits per heavy atom. The molecule has 0 N–H and O–H groups in total. The van der Waals surface area contributed by atoms with Crippen molar-refractivity contribution >= 4 is 22.4 Å². The van der Waals surface area contributed by atoms with Crippen molar-refractivity contribution in [1.29, 1.82) is 0 Å². The first-order valence-corrected chi connectivity index (χ1v) is 7.57. The maximum Gasteiger partial charge on any atom is 0.421 e. The molecule has 23 heavy (non-hydrogen) atoms. The normalized spacial score (nSPS) is 15.0. The van der Waals surface area contributed by atoms with E-state index in [1.165, 1.54) is 23.5 Å². The summed E-state index contributed by atoms with van der Waals surface area (Å²) in [6, 6.07) is 2.75. The van der Waals surface area contributed by atoms with Crippen molar-refractivity contribution in [3.05, 3.63) is 35.2 Å². The molecule has 0 saturated carbocycles. The molecule has 0 amide bonds. The molecule has 1 aromatic carbocycles. The van der Waals surface area contributed by atoms with Gasteiger partial charge in [0.25, 0.3) is 0 Å². The van der Waals surface area contributed by atoms with Crippen molar-refractivity contribution in [2.45, 2.75) is 25.6 Å². The number of benzene rings is 1. The highest BCUT2D eigenvalue weighted by Gasteiger charge is 2.53. The molecule has 3 aromatic rings. The Balaban J connectivity index is 2.31. The van der Waals surface area contributed by atoms with E-state index >= 15 is 0 Å². The van der Waals surface area contributed by atoms with E-state index in [1.807, 2.05) is 0 Å². The fourth-order valence-electron chi connectivity index (χ4n) is 2.33. The third kappa shape index (κ3) is 2.51. The number of ether oxygens (including phenoxy) is 1. The van der Waals surface area contributed by atoms with Gasteiger partial charge in [0.1, 0.15) is 10.5 Å². The highest BCUT2D eigenvalue weighted by Crippen LogP contribution is 2.44. The van der Waals surface area contributed by atoms with Crippen molar-refractivity contribution in [2.24, 2.45) is 0 Å². The lowest BCUT2D eigenvalue weighted by Gasteiger charge is -2.31. The van der Waals surface area contributed by atoms with Gasteiger partial charge in [-0.15, -0.1) is 11.3 Å². The van der Waals surface area contributed by atoms with E-state index in [9.17, 15) is 13.2 Å². The second-order valence-corrected chi connectivity index (χ2v) is 6.07. The summed E-state index contributed by atoms with van der Waals surface area (Å²) in [5, 5.41) is 2.31. The zero-order valence-corrected chi connectivity index (χ0v) is 13.4. The van der Waals surface area contributed by atoms with Crippen LogP contribution in [0.5, 0.6) is 0 Å². The fourth-order valence-corrected chi connectivity index (χ4v) is 2.98. The van der Waals surface area contributed by atoms with E-state index in [0.29, 0.717) is 27.6 Å². The molecule has 2 heterocycles. The Labute approximate surface area is 133 Å². The van der Waals surface area contributed by atoms with E-state index in [-0.39, 0.29) is 5.56 Å². The molecule has 122 valence electrons. The van der Waals surface area contributed by atoms with Crippen molar-refractivity contribution in [1.82, 2.24) is 9.97 Å². The third-order valence-corrected chi connectivity index (χ3v) is 4.57. The number of alkyl halides is 3. The lowest BCUT2D eigenvalue weighted by molar-refractivity contribution is -0.269. The number of aromatic nitrogens is 2. The molecule has 0 aliphatic carbocycles. The Morgan fingerprint density at radius 2 is 2.00 bits per heavy atom. The second-order valence-electron chi connectivity index (χ2n) is 5.18. The SMILES string of the molecule is COC(C)(c1cc(-c2nccs2)c2oc(C)nc2c1)C(F)(F)F. The number of hydrogen-bond acceptors (Lipinski definition) is 5. The molecule has 2 aromatic heterocycles.